The van der Waals surface area contributed by atoms with E-state index in [1.807, 2.05) is 18.2 Å². The Morgan fingerprint density at radius 3 is 2.40 bits per heavy atom. The number of benzene rings is 1. The SMILES string of the molecule is Nc1nc(-c2cc(Br)sc2Br)nc2c(Br)cc(Br)cc12. The Morgan fingerprint density at radius 2 is 1.75 bits per heavy atom. The van der Waals surface area contributed by atoms with Crippen molar-refractivity contribution in [2.75, 3.05) is 5.73 Å². The molecule has 0 unspecified atom stereocenters. The quantitative estimate of drug-likeness (QED) is 0.411. The number of anilines is 1. The second-order valence-corrected chi connectivity index (χ2v) is 9.47. The van der Waals surface area contributed by atoms with Gasteiger partial charge in [-0.05, 0) is 66.0 Å². The summed E-state index contributed by atoms with van der Waals surface area (Å²) in [6.07, 6.45) is 0. The molecular weight excluding hydrogens is 538 g/mol. The number of rotatable bonds is 1. The molecule has 102 valence electrons. The summed E-state index contributed by atoms with van der Waals surface area (Å²) in [5, 5.41) is 0.820. The zero-order valence-electron chi connectivity index (χ0n) is 9.62. The zero-order chi connectivity index (χ0) is 14.4. The predicted molar refractivity (Wildman–Crippen MR) is 98.1 cm³/mol. The van der Waals surface area contributed by atoms with E-state index >= 15 is 0 Å². The maximum atomic E-state index is 6.07. The maximum absolute atomic E-state index is 6.07. The molecule has 0 aliphatic rings. The maximum Gasteiger partial charge on any atom is 0.164 e. The topological polar surface area (TPSA) is 51.8 Å². The molecule has 2 heterocycles. The molecular formula is C12H5Br4N3S. The van der Waals surface area contributed by atoms with E-state index in [1.165, 1.54) is 0 Å². The van der Waals surface area contributed by atoms with Gasteiger partial charge in [-0.25, -0.2) is 9.97 Å². The lowest BCUT2D eigenvalue weighted by Gasteiger charge is -2.07. The van der Waals surface area contributed by atoms with Crippen LogP contribution in [-0.2, 0) is 0 Å². The molecule has 3 nitrogen and oxygen atoms in total. The summed E-state index contributed by atoms with van der Waals surface area (Å²) >= 11 is 15.5. The molecule has 0 atom stereocenters. The molecule has 0 bridgehead atoms. The number of halogens is 4. The highest BCUT2D eigenvalue weighted by Crippen LogP contribution is 2.39. The number of aromatic nitrogens is 2. The number of nitrogen functional groups attached to an aromatic ring is 1. The minimum absolute atomic E-state index is 0.459. The average Bonchev–Trinajstić information content (AvgIpc) is 2.69. The second-order valence-electron chi connectivity index (χ2n) is 3.95. The molecule has 0 radical (unpaired) electrons. The molecule has 8 heteroatoms. The van der Waals surface area contributed by atoms with E-state index in [1.54, 1.807) is 11.3 Å². The van der Waals surface area contributed by atoms with Crippen LogP contribution in [-0.4, -0.2) is 9.97 Å². The second kappa shape index (κ2) is 5.64. The molecule has 0 aliphatic heterocycles. The number of nitrogens with two attached hydrogens (primary N) is 1. The Hall–Kier alpha value is -0.0200. The third-order valence-electron chi connectivity index (χ3n) is 2.65. The van der Waals surface area contributed by atoms with Gasteiger partial charge in [0.1, 0.15) is 5.82 Å². The molecule has 2 aromatic heterocycles. The van der Waals surface area contributed by atoms with Crippen molar-refractivity contribution >= 4 is 91.8 Å². The number of fused-ring (bicyclic) bond motifs is 1. The first-order valence-corrected chi connectivity index (χ1v) is 9.32. The third-order valence-corrected chi connectivity index (χ3v) is 6.05. The van der Waals surface area contributed by atoms with Crippen molar-refractivity contribution in [3.8, 4) is 11.4 Å². The van der Waals surface area contributed by atoms with E-state index in [0.29, 0.717) is 11.6 Å². The molecule has 0 saturated carbocycles. The molecule has 0 aliphatic carbocycles. The summed E-state index contributed by atoms with van der Waals surface area (Å²) in [6.45, 7) is 0. The molecule has 0 saturated heterocycles. The van der Waals surface area contributed by atoms with Crippen molar-refractivity contribution in [1.29, 1.82) is 0 Å². The Morgan fingerprint density at radius 1 is 1.00 bits per heavy atom. The molecule has 0 amide bonds. The van der Waals surface area contributed by atoms with Gasteiger partial charge in [-0.1, -0.05) is 15.9 Å². The first kappa shape index (κ1) is 14.9. The van der Waals surface area contributed by atoms with Gasteiger partial charge in [0.05, 0.1) is 13.1 Å². The third kappa shape index (κ3) is 2.68. The van der Waals surface area contributed by atoms with Gasteiger partial charge in [0.15, 0.2) is 5.82 Å². The zero-order valence-corrected chi connectivity index (χ0v) is 16.8. The lowest BCUT2D eigenvalue weighted by molar-refractivity contribution is 1.23. The van der Waals surface area contributed by atoms with Gasteiger partial charge in [0.2, 0.25) is 0 Å². The fourth-order valence-corrected chi connectivity index (χ4v) is 5.90. The van der Waals surface area contributed by atoms with Crippen LogP contribution in [0.15, 0.2) is 34.7 Å². The predicted octanol–water partition coefficient (Wildman–Crippen LogP) is 5.99. The largest absolute Gasteiger partial charge is 0.383 e. The summed E-state index contributed by atoms with van der Waals surface area (Å²) in [7, 11) is 0. The van der Waals surface area contributed by atoms with Crippen molar-refractivity contribution in [2.24, 2.45) is 0 Å². The first-order valence-electron chi connectivity index (χ1n) is 5.33. The number of thiophene rings is 1. The Kier molecular flexibility index (Phi) is 4.20. The standard InChI is InChI=1S/C12H5Br4N3S/c13-4-1-5-9(7(14)2-4)18-12(19-11(5)17)6-3-8(15)20-10(6)16/h1-3H,(H2,17,18,19). The first-order chi connectivity index (χ1) is 9.45. The smallest absolute Gasteiger partial charge is 0.164 e. The van der Waals surface area contributed by atoms with Gasteiger partial charge in [-0.3, -0.25) is 0 Å². The Balaban J connectivity index is 2.32. The summed E-state index contributed by atoms with van der Waals surface area (Å²) in [5.74, 6) is 1.06. The monoisotopic (exact) mass is 539 g/mol. The summed E-state index contributed by atoms with van der Waals surface area (Å²) in [4.78, 5) is 9.03. The fraction of sp³-hybridized carbons (Fsp3) is 0. The molecule has 1 aromatic carbocycles. The van der Waals surface area contributed by atoms with E-state index in [-0.39, 0.29) is 0 Å². The van der Waals surface area contributed by atoms with Crippen LogP contribution in [0.3, 0.4) is 0 Å². The van der Waals surface area contributed by atoms with Gasteiger partial charge in [0, 0.05) is 19.9 Å². The van der Waals surface area contributed by atoms with Crippen LogP contribution >= 0.6 is 75.1 Å². The molecule has 3 aromatic rings. The van der Waals surface area contributed by atoms with Gasteiger partial charge in [-0.15, -0.1) is 11.3 Å². The van der Waals surface area contributed by atoms with Gasteiger partial charge >= 0.3 is 0 Å². The summed E-state index contributed by atoms with van der Waals surface area (Å²) < 4.78 is 3.79. The van der Waals surface area contributed by atoms with Gasteiger partial charge in [0.25, 0.3) is 0 Å². The number of hydrogen-bond donors (Lipinski definition) is 1. The minimum Gasteiger partial charge on any atom is -0.383 e. The highest BCUT2D eigenvalue weighted by Gasteiger charge is 2.14. The van der Waals surface area contributed by atoms with Crippen LogP contribution in [0.2, 0.25) is 0 Å². The van der Waals surface area contributed by atoms with Crippen molar-refractivity contribution in [3.05, 3.63) is 34.7 Å². The average molecular weight is 543 g/mol. The van der Waals surface area contributed by atoms with Crippen LogP contribution in [0, 0.1) is 0 Å². The van der Waals surface area contributed by atoms with Crippen molar-refractivity contribution in [3.63, 3.8) is 0 Å². The van der Waals surface area contributed by atoms with Crippen molar-refractivity contribution in [1.82, 2.24) is 9.97 Å². The lowest BCUT2D eigenvalue weighted by Crippen LogP contribution is -1.98. The highest BCUT2D eigenvalue weighted by molar-refractivity contribution is 9.12. The van der Waals surface area contributed by atoms with Crippen LogP contribution in [0.5, 0.6) is 0 Å². The van der Waals surface area contributed by atoms with Crippen LogP contribution < -0.4 is 5.73 Å². The van der Waals surface area contributed by atoms with E-state index < -0.39 is 0 Å². The molecule has 2 N–H and O–H groups in total. The molecule has 0 spiro atoms. The number of nitrogens with zero attached hydrogens (tertiary/aromatic N) is 2. The normalized spacial score (nSPS) is 11.2. The molecule has 0 fully saturated rings. The minimum atomic E-state index is 0.459. The van der Waals surface area contributed by atoms with E-state index in [2.05, 4.69) is 73.7 Å². The Labute approximate surface area is 152 Å². The fourth-order valence-electron chi connectivity index (χ4n) is 1.79. The lowest BCUT2D eigenvalue weighted by atomic mass is 10.2. The molecule has 20 heavy (non-hydrogen) atoms. The Bertz CT molecular complexity index is 831. The summed E-state index contributed by atoms with van der Waals surface area (Å²) in [5.41, 5.74) is 7.79. The van der Waals surface area contributed by atoms with E-state index in [0.717, 1.165) is 33.0 Å². The van der Waals surface area contributed by atoms with Crippen molar-refractivity contribution < 1.29 is 0 Å². The van der Waals surface area contributed by atoms with Crippen LogP contribution in [0.25, 0.3) is 22.3 Å². The highest BCUT2D eigenvalue weighted by atomic mass is 79.9. The van der Waals surface area contributed by atoms with E-state index in [9.17, 15) is 0 Å². The molecule has 3 rings (SSSR count). The van der Waals surface area contributed by atoms with Gasteiger partial charge in [-0.2, -0.15) is 0 Å². The van der Waals surface area contributed by atoms with Crippen LogP contribution in [0.1, 0.15) is 0 Å². The number of hydrogen-bond acceptors (Lipinski definition) is 4. The van der Waals surface area contributed by atoms with Crippen LogP contribution in [0.4, 0.5) is 5.82 Å². The van der Waals surface area contributed by atoms with E-state index in [4.69, 9.17) is 5.73 Å². The van der Waals surface area contributed by atoms with Gasteiger partial charge < -0.3 is 5.73 Å². The van der Waals surface area contributed by atoms with Crippen molar-refractivity contribution in [2.45, 2.75) is 0 Å². The summed E-state index contributed by atoms with van der Waals surface area (Å²) in [6, 6.07) is 5.83.